The van der Waals surface area contributed by atoms with Crippen molar-refractivity contribution in [1.29, 1.82) is 0 Å². The van der Waals surface area contributed by atoms with Crippen molar-refractivity contribution in [2.24, 2.45) is 0 Å². The molecule has 156 valence electrons. The van der Waals surface area contributed by atoms with Gasteiger partial charge in [0.15, 0.2) is 0 Å². The van der Waals surface area contributed by atoms with Crippen molar-refractivity contribution in [3.63, 3.8) is 0 Å². The minimum atomic E-state index is 0.0561. The SMILES string of the molecule is CNC/C=C/C(=O)N1CCc2c(sc3ncnc(NC4=CC=CCC(CBr)=C4)c23)C1. The van der Waals surface area contributed by atoms with Crippen LogP contribution in [-0.4, -0.2) is 46.2 Å². The van der Waals surface area contributed by atoms with E-state index < -0.39 is 0 Å². The van der Waals surface area contributed by atoms with Crippen molar-refractivity contribution in [1.82, 2.24) is 20.2 Å². The number of amides is 1. The summed E-state index contributed by atoms with van der Waals surface area (Å²) < 4.78 is 0. The molecule has 30 heavy (non-hydrogen) atoms. The fraction of sp³-hybridized carbons (Fsp3) is 0.318. The van der Waals surface area contributed by atoms with Crippen LogP contribution in [0.5, 0.6) is 0 Å². The predicted molar refractivity (Wildman–Crippen MR) is 127 cm³/mol. The molecule has 1 aliphatic carbocycles. The number of halogens is 1. The maximum absolute atomic E-state index is 12.5. The van der Waals surface area contributed by atoms with Gasteiger partial charge >= 0.3 is 0 Å². The minimum Gasteiger partial charge on any atom is -0.340 e. The molecule has 3 heterocycles. The van der Waals surface area contributed by atoms with Crippen molar-refractivity contribution < 1.29 is 4.79 Å². The zero-order valence-electron chi connectivity index (χ0n) is 16.8. The average Bonchev–Trinajstić information content (AvgIpc) is 2.98. The van der Waals surface area contributed by atoms with Gasteiger partial charge in [-0.1, -0.05) is 39.7 Å². The lowest BCUT2D eigenvalue weighted by Gasteiger charge is -2.26. The van der Waals surface area contributed by atoms with Crippen LogP contribution >= 0.6 is 27.3 Å². The van der Waals surface area contributed by atoms with Gasteiger partial charge in [-0.2, -0.15) is 0 Å². The number of aromatic nitrogens is 2. The highest BCUT2D eigenvalue weighted by Gasteiger charge is 2.25. The second kappa shape index (κ2) is 9.68. The van der Waals surface area contributed by atoms with Crippen molar-refractivity contribution in [2.45, 2.75) is 19.4 Å². The second-order valence-corrected chi connectivity index (χ2v) is 8.84. The lowest BCUT2D eigenvalue weighted by Crippen LogP contribution is -2.34. The molecule has 0 aromatic carbocycles. The summed E-state index contributed by atoms with van der Waals surface area (Å²) in [5.74, 6) is 0.888. The Morgan fingerprint density at radius 1 is 1.40 bits per heavy atom. The van der Waals surface area contributed by atoms with Gasteiger partial charge in [-0.3, -0.25) is 4.79 Å². The maximum atomic E-state index is 12.5. The topological polar surface area (TPSA) is 70.2 Å². The van der Waals surface area contributed by atoms with Crippen LogP contribution in [0.1, 0.15) is 16.9 Å². The molecule has 2 N–H and O–H groups in total. The lowest BCUT2D eigenvalue weighted by molar-refractivity contribution is -0.126. The third-order valence-corrected chi connectivity index (χ3v) is 6.96. The number of nitrogens with zero attached hydrogens (tertiary/aromatic N) is 3. The smallest absolute Gasteiger partial charge is 0.246 e. The highest BCUT2D eigenvalue weighted by atomic mass is 79.9. The standard InChI is InChI=1S/C22H24BrN5OS/c1-24-9-4-7-19(29)28-10-8-17-18(13-28)30-22-20(17)21(25-14-26-22)27-16-6-3-2-5-15(11-16)12-23/h2-4,6-7,11,14,24H,5,8-10,12-13H2,1H3,(H,25,26,27)/b7-4+. The highest BCUT2D eigenvalue weighted by molar-refractivity contribution is 9.09. The Bertz CT molecular complexity index is 1070. The van der Waals surface area contributed by atoms with E-state index in [1.54, 1.807) is 23.7 Å². The van der Waals surface area contributed by atoms with Crippen LogP contribution in [0.3, 0.4) is 0 Å². The molecular weight excluding hydrogens is 462 g/mol. The Morgan fingerprint density at radius 3 is 3.13 bits per heavy atom. The first-order valence-corrected chi connectivity index (χ1v) is 11.9. The molecule has 0 spiro atoms. The van der Waals surface area contributed by atoms with Gasteiger partial charge in [-0.25, -0.2) is 9.97 Å². The van der Waals surface area contributed by atoms with Crippen LogP contribution in [0.25, 0.3) is 10.2 Å². The van der Waals surface area contributed by atoms with Crippen LogP contribution < -0.4 is 10.6 Å². The molecule has 4 rings (SSSR count). The third-order valence-electron chi connectivity index (χ3n) is 5.12. The van der Waals surface area contributed by atoms with E-state index in [4.69, 9.17) is 0 Å². The number of fused-ring (bicyclic) bond motifs is 3. The van der Waals surface area contributed by atoms with Gasteiger partial charge in [0.05, 0.1) is 11.9 Å². The monoisotopic (exact) mass is 485 g/mol. The Balaban J connectivity index is 1.61. The summed E-state index contributed by atoms with van der Waals surface area (Å²) in [6, 6.07) is 0. The summed E-state index contributed by atoms with van der Waals surface area (Å²) >= 11 is 5.21. The summed E-state index contributed by atoms with van der Waals surface area (Å²) in [5.41, 5.74) is 3.58. The molecule has 2 aliphatic rings. The van der Waals surface area contributed by atoms with Gasteiger partial charge in [0.2, 0.25) is 5.91 Å². The molecule has 2 aromatic rings. The van der Waals surface area contributed by atoms with E-state index >= 15 is 0 Å². The molecule has 0 unspecified atom stereocenters. The predicted octanol–water partition coefficient (Wildman–Crippen LogP) is 3.93. The van der Waals surface area contributed by atoms with Gasteiger partial charge in [-0.05, 0) is 37.6 Å². The van der Waals surface area contributed by atoms with E-state index in [1.165, 1.54) is 16.0 Å². The molecule has 0 fully saturated rings. The first-order chi connectivity index (χ1) is 14.7. The van der Waals surface area contributed by atoms with Crippen LogP contribution in [0.2, 0.25) is 0 Å². The number of rotatable bonds is 6. The zero-order chi connectivity index (χ0) is 20.9. The second-order valence-electron chi connectivity index (χ2n) is 7.19. The Morgan fingerprint density at radius 2 is 2.30 bits per heavy atom. The van der Waals surface area contributed by atoms with E-state index in [0.29, 0.717) is 19.6 Å². The number of anilines is 1. The van der Waals surface area contributed by atoms with Crippen molar-refractivity contribution >= 4 is 49.2 Å². The van der Waals surface area contributed by atoms with Gasteiger partial charge < -0.3 is 15.5 Å². The zero-order valence-corrected chi connectivity index (χ0v) is 19.2. The van der Waals surface area contributed by atoms with E-state index in [2.05, 4.69) is 60.8 Å². The van der Waals surface area contributed by atoms with E-state index in [-0.39, 0.29) is 5.91 Å². The molecule has 0 saturated carbocycles. The number of hydrogen-bond donors (Lipinski definition) is 2. The van der Waals surface area contributed by atoms with Crippen molar-refractivity contribution in [2.75, 3.05) is 30.8 Å². The average molecular weight is 486 g/mol. The first kappa shape index (κ1) is 21.0. The van der Waals surface area contributed by atoms with E-state index in [9.17, 15) is 4.79 Å². The molecule has 0 saturated heterocycles. The van der Waals surface area contributed by atoms with Crippen molar-refractivity contribution in [3.8, 4) is 0 Å². The van der Waals surface area contributed by atoms with Crippen LogP contribution in [0, 0.1) is 0 Å². The van der Waals surface area contributed by atoms with E-state index in [0.717, 1.165) is 39.9 Å². The Labute approximate surface area is 188 Å². The molecule has 1 amide bonds. The maximum Gasteiger partial charge on any atom is 0.246 e. The molecule has 2 aromatic heterocycles. The van der Waals surface area contributed by atoms with Gasteiger partial charge in [0.25, 0.3) is 0 Å². The molecule has 0 bridgehead atoms. The molecule has 1 aliphatic heterocycles. The number of alkyl halides is 1. The number of nitrogens with one attached hydrogen (secondary N) is 2. The van der Waals surface area contributed by atoms with E-state index in [1.807, 2.05) is 18.0 Å². The number of hydrogen-bond acceptors (Lipinski definition) is 6. The highest BCUT2D eigenvalue weighted by Crippen LogP contribution is 2.37. The van der Waals surface area contributed by atoms with Gasteiger partial charge in [-0.15, -0.1) is 11.3 Å². The summed E-state index contributed by atoms with van der Waals surface area (Å²) in [6.45, 7) is 2.02. The molecule has 8 heteroatoms. The van der Waals surface area contributed by atoms with Crippen LogP contribution in [0.15, 0.2) is 54.1 Å². The molecule has 0 atom stereocenters. The number of carbonyl (C=O) groups excluding carboxylic acids is 1. The Kier molecular flexibility index (Phi) is 6.76. The summed E-state index contributed by atoms with van der Waals surface area (Å²) in [4.78, 5) is 25.6. The fourth-order valence-corrected chi connectivity index (χ4v) is 5.21. The quantitative estimate of drug-likeness (QED) is 0.479. The minimum absolute atomic E-state index is 0.0561. The summed E-state index contributed by atoms with van der Waals surface area (Å²) in [5, 5.41) is 8.44. The Hall–Kier alpha value is -2.29. The number of carbonyl (C=O) groups is 1. The number of allylic oxidation sites excluding steroid dienone is 5. The van der Waals surface area contributed by atoms with Crippen LogP contribution in [0.4, 0.5) is 5.82 Å². The fourth-order valence-electron chi connectivity index (χ4n) is 3.62. The molecule has 0 radical (unpaired) electrons. The van der Waals surface area contributed by atoms with Gasteiger partial charge in [0.1, 0.15) is 17.0 Å². The molecular formula is C22H24BrN5OS. The summed E-state index contributed by atoms with van der Waals surface area (Å²) in [7, 11) is 1.86. The summed E-state index contributed by atoms with van der Waals surface area (Å²) in [6.07, 6.45) is 15.3. The van der Waals surface area contributed by atoms with Crippen LogP contribution in [-0.2, 0) is 17.8 Å². The lowest BCUT2D eigenvalue weighted by atomic mass is 10.0. The number of thiophene rings is 1. The first-order valence-electron chi connectivity index (χ1n) is 9.94. The van der Waals surface area contributed by atoms with Crippen molar-refractivity contribution in [3.05, 3.63) is 64.5 Å². The molecule has 6 nitrogen and oxygen atoms in total. The van der Waals surface area contributed by atoms with Gasteiger partial charge in [0, 0.05) is 35.1 Å². The number of likely N-dealkylation sites (N-methyl/N-ethyl adjacent to an activating group) is 1. The normalized spacial score (nSPS) is 16.4. The largest absolute Gasteiger partial charge is 0.340 e. The third kappa shape index (κ3) is 4.55.